The van der Waals surface area contributed by atoms with Gasteiger partial charge in [0.15, 0.2) is 0 Å². The highest BCUT2D eigenvalue weighted by molar-refractivity contribution is 8.00. The molecular formula is C32H29N5O3S. The molecule has 0 aliphatic rings. The molecule has 1 atom stereocenters. The third-order valence-corrected chi connectivity index (χ3v) is 7.82. The zero-order valence-electron chi connectivity index (χ0n) is 22.7. The predicted molar refractivity (Wildman–Crippen MR) is 161 cm³/mol. The number of fused-ring (bicyclic) bond motifs is 1. The molecule has 0 fully saturated rings. The predicted octanol–water partition coefficient (Wildman–Crippen LogP) is 4.94. The van der Waals surface area contributed by atoms with Crippen LogP contribution in [0.15, 0.2) is 96.5 Å². The number of pyridine rings is 1. The maximum absolute atomic E-state index is 13.1. The summed E-state index contributed by atoms with van der Waals surface area (Å²) in [6.07, 6.45) is 7.04. The first kappa shape index (κ1) is 27.8. The lowest BCUT2D eigenvalue weighted by Crippen LogP contribution is -2.47. The second-order valence-corrected chi connectivity index (χ2v) is 10.6. The van der Waals surface area contributed by atoms with Gasteiger partial charge in [0, 0.05) is 53.6 Å². The topological polar surface area (TPSA) is 117 Å². The van der Waals surface area contributed by atoms with Crippen LogP contribution in [-0.4, -0.2) is 50.7 Å². The molecule has 0 unspecified atom stereocenters. The Morgan fingerprint density at radius 1 is 0.976 bits per heavy atom. The maximum atomic E-state index is 13.1. The molecule has 5 aromatic rings. The summed E-state index contributed by atoms with van der Waals surface area (Å²) in [4.78, 5) is 39.5. The second kappa shape index (κ2) is 12.6. The average molecular weight is 564 g/mol. The van der Waals surface area contributed by atoms with Crippen molar-refractivity contribution >= 4 is 34.3 Å². The van der Waals surface area contributed by atoms with Crippen LogP contribution in [0, 0.1) is 6.92 Å². The number of hydrogen-bond donors (Lipinski definition) is 3. The van der Waals surface area contributed by atoms with Gasteiger partial charge in [0.2, 0.25) is 11.8 Å². The third kappa shape index (κ3) is 6.53. The van der Waals surface area contributed by atoms with Crippen molar-refractivity contribution in [3.05, 3.63) is 103 Å². The van der Waals surface area contributed by atoms with Crippen molar-refractivity contribution in [2.24, 2.45) is 0 Å². The summed E-state index contributed by atoms with van der Waals surface area (Å²) in [5.74, 6) is -0.312. The summed E-state index contributed by atoms with van der Waals surface area (Å²) in [6, 6.07) is 20.5. The largest absolute Gasteiger partial charge is 0.508 e. The number of phenols is 1. The van der Waals surface area contributed by atoms with E-state index in [9.17, 15) is 14.7 Å². The van der Waals surface area contributed by atoms with Crippen molar-refractivity contribution in [1.82, 2.24) is 25.6 Å². The van der Waals surface area contributed by atoms with E-state index in [1.165, 1.54) is 25.1 Å². The molecular weight excluding hydrogens is 534 g/mol. The number of carbonyl (C=O) groups excluding carboxylic acids is 2. The number of phenolic OH excluding ortho intramolecular Hbond substituents is 1. The monoisotopic (exact) mass is 563 g/mol. The molecule has 2 aromatic heterocycles. The number of thioether (sulfide) groups is 1. The molecule has 3 aromatic carbocycles. The van der Waals surface area contributed by atoms with Gasteiger partial charge in [0.25, 0.3) is 0 Å². The van der Waals surface area contributed by atoms with Gasteiger partial charge in [-0.1, -0.05) is 42.5 Å². The Morgan fingerprint density at radius 3 is 2.59 bits per heavy atom. The van der Waals surface area contributed by atoms with Gasteiger partial charge in [-0.25, -0.2) is 9.97 Å². The van der Waals surface area contributed by atoms with E-state index in [1.807, 2.05) is 48.7 Å². The van der Waals surface area contributed by atoms with Crippen LogP contribution in [-0.2, 0) is 16.0 Å². The third-order valence-electron chi connectivity index (χ3n) is 6.77. The minimum absolute atomic E-state index is 0.108. The average Bonchev–Trinajstić information content (AvgIpc) is 3.01. The molecule has 0 bridgehead atoms. The van der Waals surface area contributed by atoms with Crippen LogP contribution < -0.4 is 10.6 Å². The summed E-state index contributed by atoms with van der Waals surface area (Å²) >= 11 is 1.40. The van der Waals surface area contributed by atoms with Crippen molar-refractivity contribution in [2.45, 2.75) is 24.3 Å². The van der Waals surface area contributed by atoms with E-state index in [2.05, 4.69) is 37.7 Å². The van der Waals surface area contributed by atoms with Crippen LogP contribution >= 0.6 is 11.8 Å². The lowest BCUT2D eigenvalue weighted by atomic mass is 9.98. The smallest absolute Gasteiger partial charge is 0.242 e. The van der Waals surface area contributed by atoms with Crippen molar-refractivity contribution < 1.29 is 14.7 Å². The summed E-state index contributed by atoms with van der Waals surface area (Å²) in [6.45, 7) is 1.80. The van der Waals surface area contributed by atoms with Crippen LogP contribution in [0.25, 0.3) is 33.2 Å². The lowest BCUT2D eigenvalue weighted by Gasteiger charge is -2.18. The van der Waals surface area contributed by atoms with E-state index in [0.717, 1.165) is 49.2 Å². The first-order valence-electron chi connectivity index (χ1n) is 13.1. The van der Waals surface area contributed by atoms with Crippen LogP contribution in [0.1, 0.15) is 11.1 Å². The number of aromatic nitrogens is 3. The molecule has 0 aliphatic heterocycles. The van der Waals surface area contributed by atoms with E-state index in [4.69, 9.17) is 0 Å². The second-order valence-electron chi connectivity index (χ2n) is 9.56. The summed E-state index contributed by atoms with van der Waals surface area (Å²) < 4.78 is 0. The lowest BCUT2D eigenvalue weighted by molar-refractivity contribution is -0.127. The molecule has 0 saturated heterocycles. The van der Waals surface area contributed by atoms with Gasteiger partial charge in [-0.2, -0.15) is 0 Å². The molecule has 2 amide bonds. The van der Waals surface area contributed by atoms with Gasteiger partial charge in [-0.05, 0) is 53.1 Å². The van der Waals surface area contributed by atoms with E-state index in [0.29, 0.717) is 0 Å². The van der Waals surface area contributed by atoms with Gasteiger partial charge in [0.1, 0.15) is 18.1 Å². The highest BCUT2D eigenvalue weighted by Gasteiger charge is 2.21. The summed E-state index contributed by atoms with van der Waals surface area (Å²) in [5, 5.41) is 17.7. The highest BCUT2D eigenvalue weighted by atomic mass is 32.2. The Bertz CT molecular complexity index is 1710. The van der Waals surface area contributed by atoms with Crippen molar-refractivity contribution in [3.8, 4) is 28.1 Å². The minimum atomic E-state index is -0.778. The minimum Gasteiger partial charge on any atom is -0.508 e. The number of hydrogen-bond acceptors (Lipinski definition) is 7. The fourth-order valence-electron chi connectivity index (χ4n) is 4.63. The fourth-order valence-corrected chi connectivity index (χ4v) is 5.53. The van der Waals surface area contributed by atoms with Gasteiger partial charge >= 0.3 is 0 Å². The zero-order valence-corrected chi connectivity index (χ0v) is 23.5. The molecule has 3 N–H and O–H groups in total. The molecule has 0 spiro atoms. The van der Waals surface area contributed by atoms with Gasteiger partial charge < -0.3 is 15.7 Å². The number of carbonyl (C=O) groups is 2. The van der Waals surface area contributed by atoms with Crippen LogP contribution in [0.4, 0.5) is 0 Å². The molecule has 5 rings (SSSR count). The molecule has 2 heterocycles. The molecule has 0 aliphatic carbocycles. The first-order valence-corrected chi connectivity index (χ1v) is 14.1. The quantitative estimate of drug-likeness (QED) is 0.218. The van der Waals surface area contributed by atoms with Crippen LogP contribution in [0.5, 0.6) is 5.75 Å². The number of aromatic hydroxyl groups is 1. The zero-order chi connectivity index (χ0) is 28.8. The normalized spacial score (nSPS) is 11.7. The first-order chi connectivity index (χ1) is 19.9. The number of aryl methyl sites for hydroxylation is 1. The van der Waals surface area contributed by atoms with Crippen molar-refractivity contribution in [2.75, 3.05) is 12.8 Å². The number of nitrogens with zero attached hydrogens (tertiary/aromatic N) is 3. The Hall–Kier alpha value is -4.76. The molecule has 0 saturated carbocycles. The van der Waals surface area contributed by atoms with E-state index >= 15 is 0 Å². The molecule has 8 nitrogen and oxygen atoms in total. The van der Waals surface area contributed by atoms with Gasteiger partial charge in [-0.3, -0.25) is 14.6 Å². The number of nitrogens with one attached hydrogen (secondary N) is 2. The summed E-state index contributed by atoms with van der Waals surface area (Å²) in [7, 11) is 1.54. The van der Waals surface area contributed by atoms with Crippen molar-refractivity contribution in [1.29, 1.82) is 0 Å². The highest BCUT2D eigenvalue weighted by Crippen LogP contribution is 2.38. The number of likely N-dealkylation sites (N-methyl/N-ethyl adjacent to an activating group) is 1. The Balaban J connectivity index is 1.40. The standard InChI is InChI=1S/C32H29N5O3S/c1-20-7-8-21(14-28(20)38)13-27(32(40)33-2)37-30(39)18-41-29-10-9-22-5-3-4-6-25(22)31(29)24-15-23(16-35-17-24)26-11-12-34-19-36-26/h3-12,14-17,19,27,38H,13,18H2,1-2H3,(H,33,40)(H,37,39)/t27-/m0/s1. The SMILES string of the molecule is CNC(=O)[C@H](Cc1ccc(C)c(O)c1)NC(=O)CSc1ccc2ccccc2c1-c1cncc(-c2ccncn2)c1. The summed E-state index contributed by atoms with van der Waals surface area (Å²) in [5.41, 5.74) is 5.01. The molecule has 206 valence electrons. The molecule has 0 radical (unpaired) electrons. The molecule has 41 heavy (non-hydrogen) atoms. The van der Waals surface area contributed by atoms with E-state index in [-0.39, 0.29) is 29.7 Å². The molecule has 9 heteroatoms. The van der Waals surface area contributed by atoms with Crippen LogP contribution in [0.3, 0.4) is 0 Å². The van der Waals surface area contributed by atoms with E-state index < -0.39 is 6.04 Å². The number of rotatable bonds is 9. The van der Waals surface area contributed by atoms with E-state index in [1.54, 1.807) is 31.5 Å². The Labute approximate surface area is 242 Å². The number of benzene rings is 3. The maximum Gasteiger partial charge on any atom is 0.242 e. The Kier molecular flexibility index (Phi) is 8.55. The Morgan fingerprint density at radius 2 is 1.80 bits per heavy atom. The fraction of sp³-hybridized carbons (Fsp3) is 0.156. The van der Waals surface area contributed by atoms with Gasteiger partial charge in [0.05, 0.1) is 11.4 Å². The van der Waals surface area contributed by atoms with Crippen LogP contribution in [0.2, 0.25) is 0 Å². The van der Waals surface area contributed by atoms with Crippen molar-refractivity contribution in [3.63, 3.8) is 0 Å². The van der Waals surface area contributed by atoms with Gasteiger partial charge in [-0.15, -0.1) is 11.8 Å². The number of amides is 2.